The van der Waals surface area contributed by atoms with Crippen LogP contribution in [-0.4, -0.2) is 55.3 Å². The second-order valence-corrected chi connectivity index (χ2v) is 6.26. The Morgan fingerprint density at radius 1 is 1.05 bits per heavy atom. The maximum absolute atomic E-state index is 5.31. The van der Waals surface area contributed by atoms with Crippen LogP contribution in [0.3, 0.4) is 0 Å². The Kier molecular flexibility index (Phi) is 4.45. The van der Waals surface area contributed by atoms with E-state index in [1.165, 1.54) is 31.7 Å². The highest BCUT2D eigenvalue weighted by atomic mass is 16.5. The van der Waals surface area contributed by atoms with Gasteiger partial charge in [0.25, 0.3) is 0 Å². The number of rotatable bonds is 2. The van der Waals surface area contributed by atoms with Crippen molar-refractivity contribution >= 4 is 5.82 Å². The third-order valence-corrected chi connectivity index (χ3v) is 4.87. The van der Waals surface area contributed by atoms with Crippen LogP contribution in [-0.2, 0) is 4.74 Å². The third kappa shape index (κ3) is 2.92. The molecule has 4 heteroatoms. The number of nitrogens with zero attached hydrogens (tertiary/aromatic N) is 3. The summed E-state index contributed by atoms with van der Waals surface area (Å²) in [6.07, 6.45) is 1.97. The minimum absolute atomic E-state index is 0.705. The van der Waals surface area contributed by atoms with Gasteiger partial charge in [-0.2, -0.15) is 0 Å². The minimum Gasteiger partial charge on any atom is -0.378 e. The number of likely N-dealkylation sites (tertiary alicyclic amines) is 1. The minimum atomic E-state index is 0.705. The van der Waals surface area contributed by atoms with Gasteiger partial charge in [0.1, 0.15) is 5.82 Å². The topological polar surface area (TPSA) is 28.6 Å². The van der Waals surface area contributed by atoms with Gasteiger partial charge in [-0.15, -0.1) is 0 Å². The summed E-state index contributed by atoms with van der Waals surface area (Å²) >= 11 is 0. The second-order valence-electron chi connectivity index (χ2n) is 6.26. The molecule has 0 saturated carbocycles. The molecule has 116 valence electrons. The molecule has 4 rings (SSSR count). The molecule has 4 heterocycles. The highest BCUT2D eigenvalue weighted by molar-refractivity contribution is 5.41. The molecule has 3 aliphatic rings. The maximum Gasteiger partial charge on any atom is 0.128 e. The van der Waals surface area contributed by atoms with Crippen LogP contribution < -0.4 is 4.90 Å². The van der Waals surface area contributed by atoms with E-state index < -0.39 is 0 Å². The van der Waals surface area contributed by atoms with Crippen LogP contribution in [0.2, 0.25) is 0 Å². The SMILES string of the molecule is CC.Cc1ccc(N2CC3CN(C4COC4)CC3C2)nc1. The van der Waals surface area contributed by atoms with E-state index >= 15 is 0 Å². The van der Waals surface area contributed by atoms with Gasteiger partial charge in [-0.1, -0.05) is 19.9 Å². The molecule has 2 atom stereocenters. The fourth-order valence-electron chi connectivity index (χ4n) is 3.60. The number of pyridine rings is 1. The molecule has 0 aliphatic carbocycles. The van der Waals surface area contributed by atoms with E-state index in [1.807, 2.05) is 20.0 Å². The largest absolute Gasteiger partial charge is 0.378 e. The first-order valence-electron chi connectivity index (χ1n) is 8.29. The molecule has 0 bridgehead atoms. The molecule has 4 nitrogen and oxygen atoms in total. The first-order chi connectivity index (χ1) is 10.3. The number of hydrogen-bond acceptors (Lipinski definition) is 4. The number of ether oxygens (including phenoxy) is 1. The summed E-state index contributed by atoms with van der Waals surface area (Å²) in [6, 6.07) is 5.03. The van der Waals surface area contributed by atoms with Crippen LogP contribution in [0, 0.1) is 18.8 Å². The third-order valence-electron chi connectivity index (χ3n) is 4.87. The molecule has 3 saturated heterocycles. The Morgan fingerprint density at radius 2 is 1.71 bits per heavy atom. The number of aromatic nitrogens is 1. The molecule has 0 aromatic carbocycles. The van der Waals surface area contributed by atoms with Gasteiger partial charge in [-0.25, -0.2) is 4.98 Å². The van der Waals surface area contributed by atoms with E-state index in [9.17, 15) is 0 Å². The lowest BCUT2D eigenvalue weighted by molar-refractivity contribution is -0.0590. The number of anilines is 1. The molecule has 2 unspecified atom stereocenters. The van der Waals surface area contributed by atoms with Crippen molar-refractivity contribution < 1.29 is 4.74 Å². The maximum atomic E-state index is 5.31. The standard InChI is InChI=1S/C15H21N3O.C2H6/c1-11-2-3-15(16-4-11)18-7-12-5-17(6-13(12)8-18)14-9-19-10-14;1-2/h2-4,12-14H,5-10H2,1H3;1-2H3. The zero-order chi connectivity index (χ0) is 14.8. The number of aryl methyl sites for hydroxylation is 1. The quantitative estimate of drug-likeness (QED) is 0.834. The van der Waals surface area contributed by atoms with Crippen LogP contribution in [0.4, 0.5) is 5.82 Å². The Hall–Kier alpha value is -1.13. The lowest BCUT2D eigenvalue weighted by atomic mass is 10.0. The van der Waals surface area contributed by atoms with Crippen LogP contribution >= 0.6 is 0 Å². The molecule has 0 N–H and O–H groups in total. The summed E-state index contributed by atoms with van der Waals surface area (Å²) in [6.45, 7) is 12.8. The Balaban J connectivity index is 0.000000636. The fraction of sp³-hybridized carbons (Fsp3) is 0.706. The first kappa shape index (κ1) is 14.8. The highest BCUT2D eigenvalue weighted by Crippen LogP contribution is 2.34. The van der Waals surface area contributed by atoms with Crippen LogP contribution in [0.5, 0.6) is 0 Å². The van der Waals surface area contributed by atoms with Crippen LogP contribution in [0.25, 0.3) is 0 Å². The normalized spacial score (nSPS) is 28.8. The number of fused-ring (bicyclic) bond motifs is 1. The molecule has 0 amide bonds. The summed E-state index contributed by atoms with van der Waals surface area (Å²) in [5.74, 6) is 2.80. The summed E-state index contributed by atoms with van der Waals surface area (Å²) in [5, 5.41) is 0. The molecule has 21 heavy (non-hydrogen) atoms. The Bertz CT molecular complexity index is 444. The predicted molar refractivity (Wildman–Crippen MR) is 85.7 cm³/mol. The Labute approximate surface area is 128 Å². The van der Waals surface area contributed by atoms with E-state index in [4.69, 9.17) is 4.74 Å². The molecular weight excluding hydrogens is 262 g/mol. The van der Waals surface area contributed by atoms with Crippen molar-refractivity contribution in [1.82, 2.24) is 9.88 Å². The van der Waals surface area contributed by atoms with Gasteiger partial charge in [0.15, 0.2) is 0 Å². The van der Waals surface area contributed by atoms with Gasteiger partial charge in [0.2, 0.25) is 0 Å². The van der Waals surface area contributed by atoms with Gasteiger partial charge in [-0.3, -0.25) is 4.90 Å². The van der Waals surface area contributed by atoms with E-state index in [1.54, 1.807) is 0 Å². The molecule has 0 spiro atoms. The molecule has 1 aromatic heterocycles. The van der Waals surface area contributed by atoms with Crippen molar-refractivity contribution in [3.05, 3.63) is 23.9 Å². The zero-order valence-electron chi connectivity index (χ0n) is 13.5. The van der Waals surface area contributed by atoms with Gasteiger partial charge < -0.3 is 9.64 Å². The average Bonchev–Trinajstić information content (AvgIpc) is 2.98. The van der Waals surface area contributed by atoms with Gasteiger partial charge >= 0.3 is 0 Å². The van der Waals surface area contributed by atoms with E-state index in [-0.39, 0.29) is 0 Å². The monoisotopic (exact) mass is 289 g/mol. The summed E-state index contributed by atoms with van der Waals surface area (Å²) in [5.41, 5.74) is 1.24. The van der Waals surface area contributed by atoms with Crippen molar-refractivity contribution in [3.8, 4) is 0 Å². The smallest absolute Gasteiger partial charge is 0.128 e. The van der Waals surface area contributed by atoms with Crippen molar-refractivity contribution in [3.63, 3.8) is 0 Å². The lowest BCUT2D eigenvalue weighted by Gasteiger charge is -2.35. The van der Waals surface area contributed by atoms with Gasteiger partial charge in [-0.05, 0) is 30.4 Å². The zero-order valence-corrected chi connectivity index (χ0v) is 13.5. The molecular formula is C17H27N3O. The molecule has 0 radical (unpaired) electrons. The second kappa shape index (κ2) is 6.32. The average molecular weight is 289 g/mol. The van der Waals surface area contributed by atoms with Gasteiger partial charge in [0, 0.05) is 32.4 Å². The van der Waals surface area contributed by atoms with Crippen molar-refractivity contribution in [2.45, 2.75) is 26.8 Å². The Morgan fingerprint density at radius 3 is 2.19 bits per heavy atom. The fourth-order valence-corrected chi connectivity index (χ4v) is 3.60. The van der Waals surface area contributed by atoms with Crippen LogP contribution in [0.1, 0.15) is 19.4 Å². The van der Waals surface area contributed by atoms with Gasteiger partial charge in [0.05, 0.1) is 19.3 Å². The van der Waals surface area contributed by atoms with Crippen molar-refractivity contribution in [2.24, 2.45) is 11.8 Å². The highest BCUT2D eigenvalue weighted by Gasteiger charge is 2.43. The molecule has 1 aromatic rings. The van der Waals surface area contributed by atoms with Crippen LogP contribution in [0.15, 0.2) is 18.3 Å². The lowest BCUT2D eigenvalue weighted by Crippen LogP contribution is -2.48. The number of hydrogen-bond donors (Lipinski definition) is 0. The first-order valence-corrected chi connectivity index (χ1v) is 8.29. The van der Waals surface area contributed by atoms with E-state index in [2.05, 4.69) is 33.8 Å². The summed E-state index contributed by atoms with van der Waals surface area (Å²) in [7, 11) is 0. The predicted octanol–water partition coefficient (Wildman–Crippen LogP) is 2.18. The van der Waals surface area contributed by atoms with E-state index in [0.29, 0.717) is 6.04 Å². The van der Waals surface area contributed by atoms with Crippen molar-refractivity contribution in [1.29, 1.82) is 0 Å². The van der Waals surface area contributed by atoms with Crippen molar-refractivity contribution in [2.75, 3.05) is 44.3 Å². The summed E-state index contributed by atoms with van der Waals surface area (Å²) in [4.78, 5) is 9.66. The summed E-state index contributed by atoms with van der Waals surface area (Å²) < 4.78 is 5.31. The molecule has 3 fully saturated rings. The molecule has 3 aliphatic heterocycles. The van der Waals surface area contributed by atoms with E-state index in [0.717, 1.165) is 30.9 Å².